The van der Waals surface area contributed by atoms with Crippen molar-refractivity contribution >= 4 is 48.3 Å². The van der Waals surface area contributed by atoms with Crippen molar-refractivity contribution in [3.63, 3.8) is 0 Å². The van der Waals surface area contributed by atoms with E-state index in [0.717, 1.165) is 19.6 Å². The zero-order valence-electron chi connectivity index (χ0n) is 21.5. The lowest BCUT2D eigenvalue weighted by Crippen LogP contribution is -2.39. The zero-order chi connectivity index (χ0) is 27.4. The van der Waals surface area contributed by atoms with Gasteiger partial charge in [0.2, 0.25) is 0 Å². The number of fused-ring (bicyclic) bond motifs is 1. The Kier molecular flexibility index (Phi) is 8.22. The average molecular weight is 569 g/mol. The second-order valence-corrected chi connectivity index (χ2v) is 12.2. The molecule has 0 aliphatic carbocycles. The van der Waals surface area contributed by atoms with E-state index in [1.807, 2.05) is 6.07 Å². The van der Waals surface area contributed by atoms with Gasteiger partial charge in [-0.1, -0.05) is 29.5 Å². The van der Waals surface area contributed by atoms with Gasteiger partial charge in [-0.25, -0.2) is 17.8 Å². The van der Waals surface area contributed by atoms with Gasteiger partial charge in [-0.15, -0.1) is 0 Å². The molecule has 0 atom stereocenters. The topological polar surface area (TPSA) is 83.1 Å². The maximum Gasteiger partial charge on any atom is 0.264 e. The Morgan fingerprint density at radius 2 is 1.77 bits per heavy atom. The number of nitrogens with zero attached hydrogens (tertiary/aromatic N) is 4. The highest BCUT2D eigenvalue weighted by Gasteiger charge is 2.25. The molecule has 3 aromatic carbocycles. The van der Waals surface area contributed by atoms with E-state index >= 15 is 0 Å². The van der Waals surface area contributed by atoms with Gasteiger partial charge in [-0.05, 0) is 61.0 Å². The molecule has 11 heteroatoms. The number of rotatable bonds is 9. The number of anilines is 2. The fourth-order valence-corrected chi connectivity index (χ4v) is 6.63. The minimum Gasteiger partial charge on any atom is -0.379 e. The second kappa shape index (κ2) is 11.8. The Labute approximate surface area is 231 Å². The molecule has 39 heavy (non-hydrogen) atoms. The monoisotopic (exact) mass is 568 g/mol. The summed E-state index contributed by atoms with van der Waals surface area (Å²) in [6.07, 6.45) is 0.713. The average Bonchev–Trinajstić information content (AvgIpc) is 3.38. The van der Waals surface area contributed by atoms with Crippen LogP contribution in [0.15, 0.2) is 77.7 Å². The number of ether oxygens (including phenoxy) is 1. The van der Waals surface area contributed by atoms with Crippen LogP contribution in [0.5, 0.6) is 0 Å². The number of carbonyl (C=O) groups is 1. The van der Waals surface area contributed by atoms with Gasteiger partial charge in [0.1, 0.15) is 5.82 Å². The van der Waals surface area contributed by atoms with Crippen molar-refractivity contribution in [3.05, 3.63) is 84.2 Å². The third-order valence-corrected chi connectivity index (χ3v) is 9.50. The Bertz CT molecular complexity index is 1540. The molecule has 1 aliphatic heterocycles. The highest BCUT2D eigenvalue weighted by Crippen LogP contribution is 2.31. The molecule has 8 nitrogen and oxygen atoms in total. The molecule has 1 aliphatic rings. The summed E-state index contributed by atoms with van der Waals surface area (Å²) in [6, 6.07) is 19.1. The third kappa shape index (κ3) is 6.11. The summed E-state index contributed by atoms with van der Waals surface area (Å²) in [7, 11) is -2.31. The van der Waals surface area contributed by atoms with E-state index in [1.165, 1.54) is 59.1 Å². The number of aromatic nitrogens is 1. The van der Waals surface area contributed by atoms with Gasteiger partial charge in [-0.2, -0.15) is 0 Å². The van der Waals surface area contributed by atoms with Crippen molar-refractivity contribution in [2.45, 2.75) is 11.3 Å². The van der Waals surface area contributed by atoms with Gasteiger partial charge in [0, 0.05) is 38.8 Å². The molecule has 5 rings (SSSR count). The van der Waals surface area contributed by atoms with Crippen LogP contribution in [-0.2, 0) is 14.8 Å². The first-order valence-corrected chi connectivity index (χ1v) is 14.9. The van der Waals surface area contributed by atoms with Crippen LogP contribution in [0.25, 0.3) is 10.2 Å². The number of thiazole rings is 1. The molecule has 0 bridgehead atoms. The molecule has 0 saturated carbocycles. The minimum atomic E-state index is -3.81. The van der Waals surface area contributed by atoms with E-state index in [9.17, 15) is 17.6 Å². The Morgan fingerprint density at radius 3 is 2.49 bits per heavy atom. The quantitative estimate of drug-likeness (QED) is 0.293. The molecular weight excluding hydrogens is 539 g/mol. The smallest absolute Gasteiger partial charge is 0.264 e. The zero-order valence-corrected chi connectivity index (χ0v) is 23.1. The first-order chi connectivity index (χ1) is 18.8. The first kappa shape index (κ1) is 27.2. The maximum atomic E-state index is 13.8. The van der Waals surface area contributed by atoms with Crippen molar-refractivity contribution in [1.29, 1.82) is 0 Å². The van der Waals surface area contributed by atoms with Gasteiger partial charge < -0.3 is 4.74 Å². The molecule has 2 heterocycles. The first-order valence-electron chi connectivity index (χ1n) is 12.6. The SMILES string of the molecule is CN(c1ccccc1)S(=O)(=O)c1ccc(C(=O)N(CCCN2CCOCC2)c2nc3ccc(F)cc3s2)cc1. The van der Waals surface area contributed by atoms with E-state index in [4.69, 9.17) is 4.74 Å². The van der Waals surface area contributed by atoms with Crippen LogP contribution in [0, 0.1) is 5.82 Å². The summed E-state index contributed by atoms with van der Waals surface area (Å²) in [5.41, 5.74) is 1.50. The summed E-state index contributed by atoms with van der Waals surface area (Å²) in [5.74, 6) is -0.656. The molecular formula is C28H29FN4O4S2. The number of morpholine rings is 1. The number of benzene rings is 3. The highest BCUT2D eigenvalue weighted by atomic mass is 32.2. The molecule has 0 N–H and O–H groups in total. The summed E-state index contributed by atoms with van der Waals surface area (Å²) in [6.45, 7) is 4.30. The van der Waals surface area contributed by atoms with E-state index < -0.39 is 10.0 Å². The lowest BCUT2D eigenvalue weighted by molar-refractivity contribution is 0.0376. The summed E-state index contributed by atoms with van der Waals surface area (Å²) >= 11 is 1.26. The number of para-hydroxylation sites is 1. The van der Waals surface area contributed by atoms with Crippen molar-refractivity contribution in [2.75, 3.05) is 55.6 Å². The molecule has 0 unspecified atom stereocenters. The van der Waals surface area contributed by atoms with Crippen LogP contribution < -0.4 is 9.21 Å². The van der Waals surface area contributed by atoms with Crippen LogP contribution in [0.1, 0.15) is 16.8 Å². The predicted molar refractivity (Wildman–Crippen MR) is 152 cm³/mol. The van der Waals surface area contributed by atoms with Gasteiger partial charge in [0.15, 0.2) is 5.13 Å². The van der Waals surface area contributed by atoms with E-state index in [2.05, 4.69) is 9.88 Å². The molecule has 1 fully saturated rings. The highest BCUT2D eigenvalue weighted by molar-refractivity contribution is 7.92. The number of carbonyl (C=O) groups excluding carboxylic acids is 1. The number of amides is 1. The van der Waals surface area contributed by atoms with Crippen LogP contribution in [0.3, 0.4) is 0 Å². The van der Waals surface area contributed by atoms with Gasteiger partial charge in [0.25, 0.3) is 15.9 Å². The second-order valence-electron chi connectivity index (χ2n) is 9.21. The maximum absolute atomic E-state index is 13.8. The molecule has 0 radical (unpaired) electrons. The number of sulfonamides is 1. The fraction of sp³-hybridized carbons (Fsp3) is 0.286. The molecule has 1 aromatic heterocycles. The van der Waals surface area contributed by atoms with Crippen molar-refractivity contribution in [2.24, 2.45) is 0 Å². The van der Waals surface area contributed by atoms with Crippen LogP contribution in [0.4, 0.5) is 15.2 Å². The largest absolute Gasteiger partial charge is 0.379 e. The van der Waals surface area contributed by atoms with Gasteiger partial charge in [0.05, 0.1) is 34.0 Å². The van der Waals surface area contributed by atoms with Gasteiger partial charge >= 0.3 is 0 Å². The number of halogens is 1. The van der Waals surface area contributed by atoms with Crippen LogP contribution >= 0.6 is 11.3 Å². The summed E-state index contributed by atoms with van der Waals surface area (Å²) in [4.78, 5) is 22.3. The molecule has 0 spiro atoms. The number of hydrogen-bond acceptors (Lipinski definition) is 7. The minimum absolute atomic E-state index is 0.0831. The predicted octanol–water partition coefficient (Wildman–Crippen LogP) is 4.63. The Morgan fingerprint density at radius 1 is 1.05 bits per heavy atom. The molecule has 204 valence electrons. The molecule has 1 amide bonds. The Hall–Kier alpha value is -3.38. The van der Waals surface area contributed by atoms with Crippen LogP contribution in [0.2, 0.25) is 0 Å². The van der Waals surface area contributed by atoms with Gasteiger partial charge in [-0.3, -0.25) is 18.9 Å². The fourth-order valence-electron chi connectivity index (χ4n) is 4.42. The van der Waals surface area contributed by atoms with Crippen LogP contribution in [-0.4, -0.2) is 70.6 Å². The normalized spacial score (nSPS) is 14.4. The summed E-state index contributed by atoms with van der Waals surface area (Å²) in [5, 5.41) is 0.475. The molecule has 4 aromatic rings. The summed E-state index contributed by atoms with van der Waals surface area (Å²) < 4.78 is 47.4. The van der Waals surface area contributed by atoms with E-state index in [0.29, 0.717) is 52.8 Å². The standard InChI is InChI=1S/C28H29FN4O4S2/c1-31(23-6-3-2-4-7-23)39(35,36)24-11-8-21(9-12-24)27(34)33(15-5-14-32-16-18-37-19-17-32)28-30-25-13-10-22(29)20-26(25)38-28/h2-4,6-13,20H,5,14-19H2,1H3. The van der Waals surface area contributed by atoms with Crippen molar-refractivity contribution in [1.82, 2.24) is 9.88 Å². The number of hydrogen-bond donors (Lipinski definition) is 0. The lowest BCUT2D eigenvalue weighted by atomic mass is 10.2. The van der Waals surface area contributed by atoms with Crippen molar-refractivity contribution < 1.29 is 22.3 Å². The van der Waals surface area contributed by atoms with E-state index in [-0.39, 0.29) is 16.6 Å². The third-order valence-electron chi connectivity index (χ3n) is 6.65. The van der Waals surface area contributed by atoms with E-state index in [1.54, 1.807) is 35.2 Å². The van der Waals surface area contributed by atoms with Crippen molar-refractivity contribution in [3.8, 4) is 0 Å². The Balaban J connectivity index is 1.38. The lowest BCUT2D eigenvalue weighted by Gasteiger charge is -2.27. The molecule has 1 saturated heterocycles.